The minimum Gasteiger partial charge on any atom is -0.492 e. The largest absolute Gasteiger partial charge is 0.492 e. The van der Waals surface area contributed by atoms with Gasteiger partial charge in [-0.3, -0.25) is 0 Å². The van der Waals surface area contributed by atoms with Crippen LogP contribution < -0.4 is 10.5 Å². The Balaban J connectivity index is 1.78. The number of ether oxygens (including phenoxy) is 1. The van der Waals surface area contributed by atoms with Gasteiger partial charge in [0.15, 0.2) is 0 Å². The van der Waals surface area contributed by atoms with Gasteiger partial charge in [0, 0.05) is 16.3 Å². The van der Waals surface area contributed by atoms with Crippen LogP contribution in [-0.4, -0.2) is 12.4 Å². The van der Waals surface area contributed by atoms with E-state index < -0.39 is 0 Å². The van der Waals surface area contributed by atoms with Crippen molar-refractivity contribution in [1.82, 2.24) is 0 Å². The summed E-state index contributed by atoms with van der Waals surface area (Å²) in [5.74, 6) is 1.88. The number of nitrogens with two attached hydrogens (primary N) is 1. The van der Waals surface area contributed by atoms with Gasteiger partial charge >= 0.3 is 0 Å². The fourth-order valence-electron chi connectivity index (χ4n) is 1.63. The van der Waals surface area contributed by atoms with Crippen LogP contribution in [0.5, 0.6) is 5.75 Å². The zero-order valence-corrected chi connectivity index (χ0v) is 11.2. The van der Waals surface area contributed by atoms with Crippen molar-refractivity contribution in [3.05, 3.63) is 54.1 Å². The first-order chi connectivity index (χ1) is 8.75. The summed E-state index contributed by atoms with van der Waals surface area (Å²) in [5, 5.41) is 0. The van der Waals surface area contributed by atoms with E-state index >= 15 is 0 Å². The lowest BCUT2D eigenvalue weighted by molar-refractivity contribution is 0.341. The molecule has 0 saturated carbocycles. The molecular weight excluding hydrogens is 242 g/mol. The molecule has 0 unspecified atom stereocenters. The maximum atomic E-state index is 5.74. The van der Waals surface area contributed by atoms with Crippen molar-refractivity contribution in [3.63, 3.8) is 0 Å². The van der Waals surface area contributed by atoms with Crippen molar-refractivity contribution < 1.29 is 4.74 Å². The third kappa shape index (κ3) is 3.70. The third-order valence-corrected chi connectivity index (χ3v) is 3.52. The van der Waals surface area contributed by atoms with Gasteiger partial charge in [-0.15, -0.1) is 11.8 Å². The highest BCUT2D eigenvalue weighted by Crippen LogP contribution is 2.21. The second-order valence-corrected chi connectivity index (χ2v) is 5.20. The van der Waals surface area contributed by atoms with Crippen molar-refractivity contribution in [2.24, 2.45) is 0 Å². The minimum atomic E-state index is 0.699. The van der Waals surface area contributed by atoms with E-state index in [1.807, 2.05) is 36.4 Å². The second kappa shape index (κ2) is 6.36. The lowest BCUT2D eigenvalue weighted by atomic mass is 10.2. The molecule has 0 saturated heterocycles. The molecule has 0 fully saturated rings. The summed E-state index contributed by atoms with van der Waals surface area (Å²) in [5.41, 5.74) is 7.71. The Morgan fingerprint density at radius 3 is 2.72 bits per heavy atom. The summed E-state index contributed by atoms with van der Waals surface area (Å²) in [7, 11) is 0. The smallest absolute Gasteiger partial charge is 0.122 e. The average Bonchev–Trinajstić information content (AvgIpc) is 2.37. The van der Waals surface area contributed by atoms with E-state index in [-0.39, 0.29) is 0 Å². The highest BCUT2D eigenvalue weighted by Gasteiger charge is 1.98. The monoisotopic (exact) mass is 259 g/mol. The van der Waals surface area contributed by atoms with Crippen LogP contribution in [0.4, 0.5) is 5.69 Å². The van der Waals surface area contributed by atoms with Crippen LogP contribution in [-0.2, 0) is 0 Å². The molecule has 3 heteroatoms. The summed E-state index contributed by atoms with van der Waals surface area (Å²) in [6.45, 7) is 2.75. The topological polar surface area (TPSA) is 35.2 Å². The van der Waals surface area contributed by atoms with Crippen LogP contribution >= 0.6 is 11.8 Å². The van der Waals surface area contributed by atoms with E-state index in [1.165, 1.54) is 10.5 Å². The molecule has 0 spiro atoms. The maximum Gasteiger partial charge on any atom is 0.122 e. The molecule has 0 amide bonds. The van der Waals surface area contributed by atoms with Crippen molar-refractivity contribution in [2.75, 3.05) is 18.1 Å². The van der Waals surface area contributed by atoms with Crippen molar-refractivity contribution >= 4 is 17.4 Å². The van der Waals surface area contributed by atoms with Gasteiger partial charge in [0.1, 0.15) is 5.75 Å². The van der Waals surface area contributed by atoms with Gasteiger partial charge in [-0.25, -0.2) is 0 Å². The molecule has 0 aliphatic rings. The molecule has 0 aromatic heterocycles. The van der Waals surface area contributed by atoms with Gasteiger partial charge in [0.05, 0.1) is 6.61 Å². The lowest BCUT2D eigenvalue weighted by Gasteiger charge is -2.08. The number of rotatable bonds is 5. The standard InChI is InChI=1S/C15H17NOS/c1-12-5-2-3-8-15(12)17-9-10-18-14-7-4-6-13(16)11-14/h2-8,11H,9-10,16H2,1H3. The molecule has 0 radical (unpaired) electrons. The molecule has 0 aliphatic heterocycles. The molecular formula is C15H17NOS. The highest BCUT2D eigenvalue weighted by molar-refractivity contribution is 7.99. The van der Waals surface area contributed by atoms with Crippen LogP contribution in [0.2, 0.25) is 0 Å². The minimum absolute atomic E-state index is 0.699. The molecule has 2 N–H and O–H groups in total. The highest BCUT2D eigenvalue weighted by atomic mass is 32.2. The molecule has 18 heavy (non-hydrogen) atoms. The Bertz CT molecular complexity index is 513. The van der Waals surface area contributed by atoms with E-state index in [1.54, 1.807) is 11.8 Å². The lowest BCUT2D eigenvalue weighted by Crippen LogP contribution is -2.01. The van der Waals surface area contributed by atoms with Gasteiger partial charge in [0.25, 0.3) is 0 Å². The van der Waals surface area contributed by atoms with E-state index in [4.69, 9.17) is 10.5 Å². The summed E-state index contributed by atoms with van der Waals surface area (Å²) in [6.07, 6.45) is 0. The third-order valence-electron chi connectivity index (χ3n) is 2.56. The Hall–Kier alpha value is -1.61. The molecule has 0 aliphatic carbocycles. The molecule has 0 heterocycles. The fourth-order valence-corrected chi connectivity index (χ4v) is 2.43. The number of benzene rings is 2. The average molecular weight is 259 g/mol. The number of nitrogen functional groups attached to an aromatic ring is 1. The molecule has 94 valence electrons. The van der Waals surface area contributed by atoms with Gasteiger partial charge in [0.2, 0.25) is 0 Å². The van der Waals surface area contributed by atoms with Crippen LogP contribution in [0, 0.1) is 6.92 Å². The Morgan fingerprint density at radius 2 is 1.94 bits per heavy atom. The first-order valence-electron chi connectivity index (χ1n) is 5.92. The van der Waals surface area contributed by atoms with Crippen molar-refractivity contribution in [3.8, 4) is 5.75 Å². The Morgan fingerprint density at radius 1 is 1.11 bits per heavy atom. The molecule has 2 rings (SSSR count). The van der Waals surface area contributed by atoms with Gasteiger partial charge in [-0.2, -0.15) is 0 Å². The van der Waals surface area contributed by atoms with E-state index in [9.17, 15) is 0 Å². The number of anilines is 1. The number of hydrogen-bond donors (Lipinski definition) is 1. The van der Waals surface area contributed by atoms with Crippen LogP contribution in [0.1, 0.15) is 5.56 Å². The summed E-state index contributed by atoms with van der Waals surface area (Å²) in [4.78, 5) is 1.18. The summed E-state index contributed by atoms with van der Waals surface area (Å²) < 4.78 is 5.74. The first-order valence-corrected chi connectivity index (χ1v) is 6.91. The number of hydrogen-bond acceptors (Lipinski definition) is 3. The Labute approximate surface area is 112 Å². The number of thioether (sulfide) groups is 1. The molecule has 0 atom stereocenters. The van der Waals surface area contributed by atoms with Gasteiger partial charge in [-0.1, -0.05) is 24.3 Å². The van der Waals surface area contributed by atoms with E-state index in [2.05, 4.69) is 19.1 Å². The predicted molar refractivity (Wildman–Crippen MR) is 78.3 cm³/mol. The Kier molecular flexibility index (Phi) is 4.53. The molecule has 2 nitrogen and oxygen atoms in total. The zero-order chi connectivity index (χ0) is 12.8. The summed E-state index contributed by atoms with van der Waals surface area (Å²) in [6, 6.07) is 16.0. The zero-order valence-electron chi connectivity index (χ0n) is 10.4. The van der Waals surface area contributed by atoms with E-state index in [0.717, 1.165) is 17.2 Å². The molecule has 2 aromatic carbocycles. The number of aryl methyl sites for hydroxylation is 1. The first kappa shape index (κ1) is 12.8. The fraction of sp³-hybridized carbons (Fsp3) is 0.200. The van der Waals surface area contributed by atoms with Crippen molar-refractivity contribution in [1.29, 1.82) is 0 Å². The number of para-hydroxylation sites is 1. The van der Waals surface area contributed by atoms with Gasteiger partial charge in [-0.05, 0) is 36.8 Å². The van der Waals surface area contributed by atoms with Crippen LogP contribution in [0.25, 0.3) is 0 Å². The van der Waals surface area contributed by atoms with Crippen LogP contribution in [0.3, 0.4) is 0 Å². The SMILES string of the molecule is Cc1ccccc1OCCSc1cccc(N)c1. The van der Waals surface area contributed by atoms with E-state index in [0.29, 0.717) is 6.61 Å². The van der Waals surface area contributed by atoms with Crippen LogP contribution in [0.15, 0.2) is 53.4 Å². The normalized spacial score (nSPS) is 10.3. The van der Waals surface area contributed by atoms with Gasteiger partial charge < -0.3 is 10.5 Å². The summed E-state index contributed by atoms with van der Waals surface area (Å²) >= 11 is 1.75. The molecule has 2 aromatic rings. The molecule has 0 bridgehead atoms. The quantitative estimate of drug-likeness (QED) is 0.504. The predicted octanol–water partition coefficient (Wildman–Crippen LogP) is 3.75. The maximum absolute atomic E-state index is 5.74. The van der Waals surface area contributed by atoms with Crippen molar-refractivity contribution in [2.45, 2.75) is 11.8 Å². The second-order valence-electron chi connectivity index (χ2n) is 4.03.